The molecule has 1 N–H and O–H groups in total. The van der Waals surface area contributed by atoms with Crippen molar-refractivity contribution in [2.45, 2.75) is 26.3 Å². The van der Waals surface area contributed by atoms with Gasteiger partial charge in [-0.15, -0.1) is 0 Å². The maximum absolute atomic E-state index is 9.85. The molecule has 0 saturated carbocycles. The van der Waals surface area contributed by atoms with Crippen LogP contribution in [0.1, 0.15) is 20.8 Å². The second-order valence-corrected chi connectivity index (χ2v) is 3.70. The molecule has 0 aromatic carbocycles. The minimum absolute atomic E-state index is 0.262. The SMILES string of the molecule is CC(C)(C)N=N/N=N/N[N]=[Pt]=[O]. The summed E-state index contributed by atoms with van der Waals surface area (Å²) in [7, 11) is 0. The summed E-state index contributed by atoms with van der Waals surface area (Å²) in [6.45, 7) is 5.65. The molecule has 0 fully saturated rings. The molecule has 0 radical (unpaired) electrons. The molecule has 0 bridgehead atoms. The first kappa shape index (κ1) is 11.3. The Balaban J connectivity index is 3.74. The third-order valence-corrected chi connectivity index (χ3v) is 0.969. The average Bonchev–Trinajstić information content (AvgIpc) is 1.94. The van der Waals surface area contributed by atoms with Gasteiger partial charge in [0.2, 0.25) is 0 Å². The zero-order valence-electron chi connectivity index (χ0n) is 6.96. The van der Waals surface area contributed by atoms with Gasteiger partial charge >= 0.3 is 78.0 Å². The molecule has 0 aliphatic carbocycles. The van der Waals surface area contributed by atoms with Crippen molar-refractivity contribution >= 4 is 0 Å². The van der Waals surface area contributed by atoms with E-state index in [1.807, 2.05) is 20.8 Å². The topological polar surface area (TPSA) is 90.9 Å². The molecule has 0 spiro atoms. The normalized spacial score (nSPS) is 12.9. The summed E-state index contributed by atoms with van der Waals surface area (Å²) in [4.78, 5) is 0. The van der Waals surface area contributed by atoms with Gasteiger partial charge in [0.05, 0.1) is 0 Å². The molecular weight excluding hydrogens is 343 g/mol. The molecule has 0 atom stereocenters. The Morgan fingerprint density at radius 1 is 1.25 bits per heavy atom. The van der Waals surface area contributed by atoms with Crippen LogP contribution in [-0.4, -0.2) is 5.54 Å². The van der Waals surface area contributed by atoms with Gasteiger partial charge in [-0.1, -0.05) is 0 Å². The van der Waals surface area contributed by atoms with Crippen molar-refractivity contribution in [3.05, 3.63) is 0 Å². The quantitative estimate of drug-likeness (QED) is 0.617. The molecule has 0 aliphatic heterocycles. The number of hydrogen-bond donors (Lipinski definition) is 1. The first-order valence-corrected chi connectivity index (χ1v) is 4.99. The van der Waals surface area contributed by atoms with Gasteiger partial charge < -0.3 is 0 Å². The number of rotatable bonds is 3. The van der Waals surface area contributed by atoms with Gasteiger partial charge in [0.25, 0.3) is 0 Å². The second-order valence-electron chi connectivity index (χ2n) is 2.78. The Morgan fingerprint density at radius 2 is 1.92 bits per heavy atom. The van der Waals surface area contributed by atoms with Gasteiger partial charge in [0, 0.05) is 0 Å². The average molecular weight is 353 g/mol. The van der Waals surface area contributed by atoms with E-state index in [0.29, 0.717) is 0 Å². The zero-order valence-corrected chi connectivity index (χ0v) is 9.23. The summed E-state index contributed by atoms with van der Waals surface area (Å²) in [5.41, 5.74) is 1.83. The molecule has 0 aliphatic rings. The Morgan fingerprint density at radius 3 is 2.42 bits per heavy atom. The number of nitrogens with zero attached hydrogens (tertiary/aromatic N) is 5. The van der Waals surface area contributed by atoms with Crippen molar-refractivity contribution in [2.24, 2.45) is 24.4 Å². The van der Waals surface area contributed by atoms with Crippen LogP contribution >= 0.6 is 0 Å². The summed E-state index contributed by atoms with van der Waals surface area (Å²) >= 11 is -1.41. The number of nitrogens with one attached hydrogen (secondary N) is 1. The molecule has 0 unspecified atom stereocenters. The molecule has 0 saturated heterocycles. The summed E-state index contributed by atoms with van der Waals surface area (Å²) in [6.07, 6.45) is 0. The van der Waals surface area contributed by atoms with E-state index in [4.69, 9.17) is 0 Å². The van der Waals surface area contributed by atoms with Gasteiger partial charge in [-0.25, -0.2) is 0 Å². The first-order valence-electron chi connectivity index (χ1n) is 3.04. The van der Waals surface area contributed by atoms with Gasteiger partial charge in [0.1, 0.15) is 0 Å². The third kappa shape index (κ3) is 9.29. The standard InChI is InChI=1S/C4H10N6.O.Pt/c1-4(2,3)6-8-10-9-7-5;;/h1-3H3,(H,6,7,10);;. The van der Waals surface area contributed by atoms with Crippen molar-refractivity contribution in [2.75, 3.05) is 0 Å². The Hall–Kier alpha value is -0.712. The molecule has 12 heavy (non-hydrogen) atoms. The van der Waals surface area contributed by atoms with Crippen molar-refractivity contribution in [3.63, 3.8) is 0 Å². The van der Waals surface area contributed by atoms with Crippen LogP contribution in [0.3, 0.4) is 0 Å². The van der Waals surface area contributed by atoms with Gasteiger partial charge in [0.15, 0.2) is 0 Å². The predicted octanol–water partition coefficient (Wildman–Crippen LogP) is 1.64. The van der Waals surface area contributed by atoms with E-state index < -0.39 is 18.3 Å². The molecule has 0 aromatic heterocycles. The zero-order chi connectivity index (χ0) is 9.45. The molecule has 0 aromatic rings. The summed E-state index contributed by atoms with van der Waals surface area (Å²) in [5, 5.41) is 13.6. The van der Waals surface area contributed by atoms with Crippen molar-refractivity contribution in [1.82, 2.24) is 5.53 Å². The maximum atomic E-state index is 9.85. The van der Waals surface area contributed by atoms with Crippen molar-refractivity contribution in [3.8, 4) is 0 Å². The van der Waals surface area contributed by atoms with E-state index in [2.05, 4.69) is 29.9 Å². The van der Waals surface area contributed by atoms with Crippen LogP contribution in [0.15, 0.2) is 24.4 Å². The fourth-order valence-corrected chi connectivity index (χ4v) is 0.416. The monoisotopic (exact) mass is 353 g/mol. The molecule has 0 amide bonds. The number of hydrogen-bond acceptors (Lipinski definition) is 4. The molecule has 72 valence electrons. The first-order chi connectivity index (χ1) is 5.56. The van der Waals surface area contributed by atoms with E-state index in [9.17, 15) is 3.40 Å². The van der Waals surface area contributed by atoms with Crippen LogP contribution < -0.4 is 5.53 Å². The van der Waals surface area contributed by atoms with Gasteiger partial charge in [-0.05, 0) is 0 Å². The Labute approximate surface area is 78.4 Å². The summed E-state index contributed by atoms with van der Waals surface area (Å²) in [6, 6.07) is 0. The molecular formula is C4H10N6OPt. The second kappa shape index (κ2) is 5.88. The van der Waals surface area contributed by atoms with Crippen LogP contribution in [0.4, 0.5) is 0 Å². The van der Waals surface area contributed by atoms with Crippen LogP contribution in [0.2, 0.25) is 0 Å². The van der Waals surface area contributed by atoms with E-state index in [1.54, 1.807) is 0 Å². The van der Waals surface area contributed by atoms with Crippen molar-refractivity contribution < 1.29 is 21.7 Å². The van der Waals surface area contributed by atoms with E-state index in [1.165, 1.54) is 0 Å². The van der Waals surface area contributed by atoms with E-state index in [-0.39, 0.29) is 5.54 Å². The molecule has 8 heteroatoms. The fraction of sp³-hybridized carbons (Fsp3) is 1.00. The van der Waals surface area contributed by atoms with Crippen LogP contribution in [0.5, 0.6) is 0 Å². The minimum atomic E-state index is -1.41. The van der Waals surface area contributed by atoms with Crippen LogP contribution in [0.25, 0.3) is 0 Å². The summed E-state index contributed by atoms with van der Waals surface area (Å²) < 4.78 is 13.1. The molecule has 0 heterocycles. The third-order valence-electron chi connectivity index (χ3n) is 0.535. The fourth-order valence-electron chi connectivity index (χ4n) is 0.221. The summed E-state index contributed by atoms with van der Waals surface area (Å²) in [5.74, 6) is 0. The van der Waals surface area contributed by atoms with Gasteiger partial charge in [-0.3, -0.25) is 0 Å². The van der Waals surface area contributed by atoms with Crippen molar-refractivity contribution in [1.29, 1.82) is 0 Å². The van der Waals surface area contributed by atoms with Crippen LogP contribution in [0, 0.1) is 0 Å². The van der Waals surface area contributed by atoms with Crippen LogP contribution in [-0.2, 0) is 21.7 Å². The molecule has 0 rings (SSSR count). The molecule has 7 nitrogen and oxygen atoms in total. The van der Waals surface area contributed by atoms with Gasteiger partial charge in [-0.2, -0.15) is 0 Å². The van der Waals surface area contributed by atoms with E-state index >= 15 is 0 Å². The Bertz CT molecular complexity index is 224. The van der Waals surface area contributed by atoms with E-state index in [0.717, 1.165) is 0 Å². The Kier molecular flexibility index (Phi) is 5.53. The predicted molar refractivity (Wildman–Crippen MR) is 35.7 cm³/mol.